The van der Waals surface area contributed by atoms with E-state index in [0.29, 0.717) is 31.2 Å². The molecule has 0 radical (unpaired) electrons. The molecule has 4 aliphatic rings. The number of carbonyl (C=O) groups is 2. The van der Waals surface area contributed by atoms with Crippen LogP contribution < -0.4 is 16.8 Å². The van der Waals surface area contributed by atoms with Crippen LogP contribution in [0.4, 0.5) is 0 Å². The number of rotatable bonds is 25. The summed E-state index contributed by atoms with van der Waals surface area (Å²) in [6.45, 7) is 26.9. The lowest BCUT2D eigenvalue weighted by atomic mass is 9.47. The highest BCUT2D eigenvalue weighted by Gasteiger charge is 2.59. The second-order valence-corrected chi connectivity index (χ2v) is 21.4. The topological polar surface area (TPSA) is 111 Å². The van der Waals surface area contributed by atoms with Crippen LogP contribution in [0.15, 0.2) is 11.6 Å². The standard InChI is InChI=1S/C51H94N4O3/c1-11-50(52,12-2)30-33-54-32-15-16-34-55(35-31-51(53,13-3)14-4)46(56)18-17-19-47(57)58-41-26-28-48(9)40(36-41)22-23-42-44-25-24-43(49(44,10)29-27-45(42)48)39(8)21-20-38(7)37(5)6/h22,37-39,41-45,54H,11-21,23-36,52-53H2,1-10H3/t38-,39-,41+,42+,43-,44+,45+,48+,49-/m1/s1. The second-order valence-electron chi connectivity index (χ2n) is 21.4. The third-order valence-corrected chi connectivity index (χ3v) is 18.0. The highest BCUT2D eigenvalue weighted by Crippen LogP contribution is 2.67. The molecule has 0 aromatic rings. The van der Waals surface area contributed by atoms with Crippen molar-refractivity contribution in [3.63, 3.8) is 0 Å². The summed E-state index contributed by atoms with van der Waals surface area (Å²) in [7, 11) is 0. The Kier molecular flexibility index (Phi) is 18.7. The number of nitrogens with two attached hydrogens (primary N) is 2. The average molecular weight is 811 g/mol. The number of nitrogens with zero attached hydrogens (tertiary/aromatic N) is 1. The molecule has 1 amide bonds. The third-order valence-electron chi connectivity index (χ3n) is 18.0. The maximum atomic E-state index is 13.6. The predicted octanol–water partition coefficient (Wildman–Crippen LogP) is 11.4. The third kappa shape index (κ3) is 12.4. The first-order valence-electron chi connectivity index (χ1n) is 24.9. The lowest BCUT2D eigenvalue weighted by Gasteiger charge is -2.58. The number of carbonyl (C=O) groups excluding carboxylic acids is 2. The van der Waals surface area contributed by atoms with Gasteiger partial charge in [0.1, 0.15) is 6.10 Å². The first kappa shape index (κ1) is 49.2. The van der Waals surface area contributed by atoms with Gasteiger partial charge >= 0.3 is 5.97 Å². The Hall–Kier alpha value is -1.44. The zero-order chi connectivity index (χ0) is 42.7. The molecule has 0 aromatic carbocycles. The molecule has 0 aliphatic heterocycles. The van der Waals surface area contributed by atoms with Crippen LogP contribution in [0.1, 0.15) is 204 Å². The van der Waals surface area contributed by atoms with Gasteiger partial charge in [-0.2, -0.15) is 0 Å². The van der Waals surface area contributed by atoms with Crippen LogP contribution in [0.25, 0.3) is 0 Å². The first-order valence-corrected chi connectivity index (χ1v) is 24.9. The molecule has 3 saturated carbocycles. The lowest BCUT2D eigenvalue weighted by Crippen LogP contribution is -2.51. The number of hydrogen-bond acceptors (Lipinski definition) is 6. The Morgan fingerprint density at radius 2 is 1.52 bits per heavy atom. The smallest absolute Gasteiger partial charge is 0.306 e. The first-order chi connectivity index (χ1) is 27.5. The monoisotopic (exact) mass is 811 g/mol. The molecule has 7 heteroatoms. The van der Waals surface area contributed by atoms with E-state index in [-0.39, 0.29) is 34.5 Å². The molecule has 4 aliphatic carbocycles. The van der Waals surface area contributed by atoms with Gasteiger partial charge in [0.2, 0.25) is 5.91 Å². The van der Waals surface area contributed by atoms with Crippen molar-refractivity contribution in [1.82, 2.24) is 10.2 Å². The number of amides is 1. The summed E-state index contributed by atoms with van der Waals surface area (Å²) in [4.78, 5) is 28.8. The van der Waals surface area contributed by atoms with Crippen LogP contribution in [0.5, 0.6) is 0 Å². The number of allylic oxidation sites excluding steroid dienone is 1. The normalized spacial score (nSPS) is 29.6. The van der Waals surface area contributed by atoms with Gasteiger partial charge in [-0.1, -0.05) is 93.7 Å². The van der Waals surface area contributed by atoms with E-state index < -0.39 is 0 Å². The predicted molar refractivity (Wildman–Crippen MR) is 244 cm³/mol. The van der Waals surface area contributed by atoms with E-state index in [4.69, 9.17) is 16.2 Å². The van der Waals surface area contributed by atoms with Gasteiger partial charge in [0, 0.05) is 43.4 Å². The van der Waals surface area contributed by atoms with E-state index >= 15 is 0 Å². The molecule has 0 spiro atoms. The van der Waals surface area contributed by atoms with Crippen molar-refractivity contribution in [2.75, 3.05) is 26.2 Å². The average Bonchev–Trinajstić information content (AvgIpc) is 3.57. The van der Waals surface area contributed by atoms with Gasteiger partial charge in [-0.3, -0.25) is 9.59 Å². The van der Waals surface area contributed by atoms with Crippen LogP contribution >= 0.6 is 0 Å². The molecule has 7 nitrogen and oxygen atoms in total. The minimum atomic E-state index is -0.247. The fraction of sp³-hybridized carbons (Fsp3) is 0.922. The van der Waals surface area contributed by atoms with Gasteiger partial charge < -0.3 is 26.4 Å². The zero-order valence-corrected chi connectivity index (χ0v) is 39.7. The molecular weight excluding hydrogens is 717 g/mol. The number of hydrogen-bond donors (Lipinski definition) is 3. The summed E-state index contributed by atoms with van der Waals surface area (Å²) in [6, 6.07) is 0. The van der Waals surface area contributed by atoms with Crippen LogP contribution in [-0.4, -0.2) is 60.1 Å². The minimum Gasteiger partial charge on any atom is -0.462 e. The van der Waals surface area contributed by atoms with Crippen LogP contribution in [0, 0.1) is 52.3 Å². The number of ether oxygens (including phenoxy) is 1. The molecule has 0 heterocycles. The molecule has 5 N–H and O–H groups in total. The van der Waals surface area contributed by atoms with Crippen molar-refractivity contribution in [2.45, 2.75) is 221 Å². The van der Waals surface area contributed by atoms with Gasteiger partial charge in [-0.15, -0.1) is 0 Å². The van der Waals surface area contributed by atoms with Crippen molar-refractivity contribution in [3.05, 3.63) is 11.6 Å². The molecule has 0 aromatic heterocycles. The molecule has 9 atom stereocenters. The summed E-state index contributed by atoms with van der Waals surface area (Å²) in [5.41, 5.74) is 15.1. The highest BCUT2D eigenvalue weighted by molar-refractivity contribution is 5.77. The fourth-order valence-corrected chi connectivity index (χ4v) is 12.5. The van der Waals surface area contributed by atoms with E-state index in [1.165, 1.54) is 44.9 Å². The van der Waals surface area contributed by atoms with E-state index in [9.17, 15) is 9.59 Å². The van der Waals surface area contributed by atoms with Gasteiger partial charge in [0.05, 0.1) is 0 Å². The van der Waals surface area contributed by atoms with Gasteiger partial charge in [0.25, 0.3) is 0 Å². The van der Waals surface area contributed by atoms with Gasteiger partial charge in [-0.05, 0) is 168 Å². The van der Waals surface area contributed by atoms with Gasteiger partial charge in [-0.25, -0.2) is 0 Å². The van der Waals surface area contributed by atoms with Gasteiger partial charge in [0.15, 0.2) is 0 Å². The summed E-state index contributed by atoms with van der Waals surface area (Å²) in [6.07, 6.45) is 23.9. The molecule has 58 heavy (non-hydrogen) atoms. The van der Waals surface area contributed by atoms with E-state index in [1.54, 1.807) is 5.57 Å². The van der Waals surface area contributed by atoms with E-state index in [2.05, 4.69) is 80.6 Å². The zero-order valence-electron chi connectivity index (χ0n) is 39.7. The highest BCUT2D eigenvalue weighted by atomic mass is 16.5. The molecule has 3 fully saturated rings. The van der Waals surface area contributed by atoms with Crippen molar-refractivity contribution in [2.24, 2.45) is 63.7 Å². The SMILES string of the molecule is CCC(N)(CC)CCNCCCCN(CCC(N)(CC)CC)C(=O)CCCC(=O)O[C@H]1CC[C@@]2(C)C(=CC[C@H]3[C@@H]4CC[C@H]([C@H](C)CC[C@@H](C)C(C)C)[C@@]4(C)CC[C@@H]32)C1. The maximum absolute atomic E-state index is 13.6. The van der Waals surface area contributed by atoms with Crippen molar-refractivity contribution in [1.29, 1.82) is 0 Å². The Morgan fingerprint density at radius 1 is 0.828 bits per heavy atom. The Morgan fingerprint density at radius 3 is 2.19 bits per heavy atom. The summed E-state index contributed by atoms with van der Waals surface area (Å²) < 4.78 is 6.18. The lowest BCUT2D eigenvalue weighted by molar-refractivity contribution is -0.151. The van der Waals surface area contributed by atoms with E-state index in [1.807, 2.05) is 4.90 Å². The summed E-state index contributed by atoms with van der Waals surface area (Å²) in [5, 5.41) is 3.56. The quantitative estimate of drug-likeness (QED) is 0.0481. The fourth-order valence-electron chi connectivity index (χ4n) is 12.5. The summed E-state index contributed by atoms with van der Waals surface area (Å²) >= 11 is 0. The van der Waals surface area contributed by atoms with Crippen LogP contribution in [0.3, 0.4) is 0 Å². The molecule has 336 valence electrons. The molecule has 0 saturated heterocycles. The van der Waals surface area contributed by atoms with E-state index in [0.717, 1.165) is 132 Å². The molecule has 0 unspecified atom stereocenters. The van der Waals surface area contributed by atoms with Crippen LogP contribution in [0.2, 0.25) is 0 Å². The second kappa shape index (κ2) is 22.1. The van der Waals surface area contributed by atoms with Crippen LogP contribution in [-0.2, 0) is 14.3 Å². The van der Waals surface area contributed by atoms with Crippen molar-refractivity contribution < 1.29 is 14.3 Å². The Labute approximate surface area is 358 Å². The van der Waals surface area contributed by atoms with Crippen molar-refractivity contribution >= 4 is 11.9 Å². The number of fused-ring (bicyclic) bond motifs is 5. The minimum absolute atomic E-state index is 0.0334. The number of nitrogens with one attached hydrogen (secondary N) is 1. The molecule has 4 rings (SSSR count). The molecular formula is C51H94N4O3. The number of unbranched alkanes of at least 4 members (excludes halogenated alkanes) is 1. The number of esters is 1. The summed E-state index contributed by atoms with van der Waals surface area (Å²) in [5.74, 6) is 5.72. The molecule has 0 bridgehead atoms. The maximum Gasteiger partial charge on any atom is 0.306 e. The Bertz CT molecular complexity index is 1310. The van der Waals surface area contributed by atoms with Crippen molar-refractivity contribution in [3.8, 4) is 0 Å². The Balaban J connectivity index is 1.23. The largest absolute Gasteiger partial charge is 0.462 e.